The van der Waals surface area contributed by atoms with Crippen LogP contribution in [-0.2, 0) is 33.2 Å². The monoisotopic (exact) mass is 929 g/mol. The van der Waals surface area contributed by atoms with Gasteiger partial charge in [0.1, 0.15) is 61.0 Å². The van der Waals surface area contributed by atoms with Crippen LogP contribution in [0.1, 0.15) is 113 Å². The van der Waals surface area contributed by atoms with Crippen LogP contribution in [0.3, 0.4) is 0 Å². The first kappa shape index (κ1) is 50.0. The first-order chi connectivity index (χ1) is 30.3. The normalized spacial score (nSPS) is 55.5. The lowest BCUT2D eigenvalue weighted by Gasteiger charge is -2.71. The minimum atomic E-state index is -2.07. The van der Waals surface area contributed by atoms with Crippen LogP contribution in [-0.4, -0.2) is 179 Å². The zero-order chi connectivity index (χ0) is 47.6. The summed E-state index contributed by atoms with van der Waals surface area (Å²) < 4.78 is 36.2. The first-order valence-corrected chi connectivity index (χ1v) is 23.9. The molecule has 5 aliphatic carbocycles. The molecule has 3 aliphatic heterocycles. The number of ether oxygens (including phenoxy) is 6. The number of aliphatic carboxylic acids is 1. The molecule has 0 spiro atoms. The molecular weight excluding hydrogens is 852 g/mol. The number of carboxylic acid groups (broad SMARTS) is 1. The molecule has 0 amide bonds. The van der Waals surface area contributed by atoms with Crippen molar-refractivity contribution in [3.8, 4) is 0 Å². The summed E-state index contributed by atoms with van der Waals surface area (Å²) in [4.78, 5) is 12.5. The standard InChI is InChI=1S/C47H76O18/c1-21-28(50)30(52)34(56)39(60-21)64-36-31(53)29(51)24(19-48)61-40(36)65-37-33(55)32(54)35(38(57)58)63-41(37)62-27-11-12-43(4)25(44(27,5)20-49)10-13-46(7)26(43)9-8-22-23-18-42(2,3)14-16-47(23,59)17-15-45(22,46)6/h8,21,23-37,39-41,48-56,59H,9-20H2,1-7H3,(H,57,58)/t21-,23-,24+,25+,26+,27-,28-,29+,30+,31-,32-,33-,34+,35-,36+,37+,39-,40-,41+,43-,44+,45+,46+,47-/m0/s1. The lowest BCUT2D eigenvalue weighted by atomic mass is 9.34. The van der Waals surface area contributed by atoms with Gasteiger partial charge >= 0.3 is 5.97 Å². The van der Waals surface area contributed by atoms with Gasteiger partial charge in [-0.05, 0) is 105 Å². The molecule has 3 heterocycles. The maximum atomic E-state index is 12.5. The van der Waals surface area contributed by atoms with E-state index in [1.54, 1.807) is 0 Å². The Morgan fingerprint density at radius 2 is 1.32 bits per heavy atom. The number of aliphatic hydroxyl groups excluding tert-OH is 9. The molecule has 24 atom stereocenters. The third-order valence-electron chi connectivity index (χ3n) is 19.0. The van der Waals surface area contributed by atoms with Gasteiger partial charge in [0.2, 0.25) is 0 Å². The largest absolute Gasteiger partial charge is 0.479 e. The summed E-state index contributed by atoms with van der Waals surface area (Å²) in [7, 11) is 0. The SMILES string of the molecule is C[C@@H]1O[C@@H](O[C@H]2[C@H](O[C@H]3[C@H](O[C@H]4CC[C@@]5(C)[C@@H](CC[C@]6(C)[C@@H]5CC=C5[C@@H]7CC(C)(C)CC[C@]7(O)CC[C@]56C)[C@@]4(C)CO)O[C@H](C(=O)O)[C@@H](O)[C@@H]3O)O[C@H](CO)[C@@H](O)[C@@H]2O)[C@H](O)[C@H](O)[C@H]1O. The van der Waals surface area contributed by atoms with Crippen LogP contribution >= 0.6 is 0 Å². The molecule has 3 saturated heterocycles. The average Bonchev–Trinajstić information content (AvgIpc) is 3.25. The van der Waals surface area contributed by atoms with E-state index in [0.29, 0.717) is 12.8 Å². The number of rotatable bonds is 9. The van der Waals surface area contributed by atoms with Crippen LogP contribution in [0.5, 0.6) is 0 Å². The molecule has 18 heteroatoms. The molecule has 0 aromatic carbocycles. The minimum absolute atomic E-state index is 0.0853. The summed E-state index contributed by atoms with van der Waals surface area (Å²) in [6.07, 6.45) is -16.7. The molecule has 4 saturated carbocycles. The van der Waals surface area contributed by atoms with Crippen molar-refractivity contribution in [1.29, 1.82) is 0 Å². The highest BCUT2D eigenvalue weighted by Gasteiger charge is 2.69. The van der Waals surface area contributed by atoms with E-state index in [-0.39, 0.29) is 46.0 Å². The fraction of sp³-hybridized carbons (Fsp3) is 0.936. The van der Waals surface area contributed by atoms with E-state index in [0.717, 1.165) is 51.4 Å². The summed E-state index contributed by atoms with van der Waals surface area (Å²) >= 11 is 0. The van der Waals surface area contributed by atoms with Gasteiger partial charge in [-0.25, -0.2) is 4.79 Å². The Labute approximate surface area is 380 Å². The van der Waals surface area contributed by atoms with E-state index in [4.69, 9.17) is 28.4 Å². The number of aliphatic hydroxyl groups is 10. The van der Waals surface area contributed by atoms with Gasteiger partial charge in [-0.15, -0.1) is 0 Å². The summed E-state index contributed by atoms with van der Waals surface area (Å²) in [6.45, 7) is 14.0. The summed E-state index contributed by atoms with van der Waals surface area (Å²) in [6, 6.07) is 0. The Morgan fingerprint density at radius 3 is 1.97 bits per heavy atom. The quantitative estimate of drug-likeness (QED) is 0.111. The number of allylic oxidation sites excluding steroid dienone is 1. The summed E-state index contributed by atoms with van der Waals surface area (Å²) in [5.41, 5.74) is -0.599. The molecule has 0 unspecified atom stereocenters. The summed E-state index contributed by atoms with van der Waals surface area (Å²) in [5.74, 6) is -1.35. The number of carboxylic acids is 1. The van der Waals surface area contributed by atoms with Crippen LogP contribution in [0.25, 0.3) is 0 Å². The lowest BCUT2D eigenvalue weighted by molar-refractivity contribution is -0.396. The van der Waals surface area contributed by atoms with Crippen molar-refractivity contribution in [3.63, 3.8) is 0 Å². The second-order valence-corrected chi connectivity index (χ2v) is 23.0. The first-order valence-electron chi connectivity index (χ1n) is 23.9. The topological polar surface area (TPSA) is 295 Å². The van der Waals surface area contributed by atoms with Gasteiger partial charge in [0.05, 0.1) is 31.0 Å². The molecule has 0 aromatic heterocycles. The van der Waals surface area contributed by atoms with Gasteiger partial charge in [-0.3, -0.25) is 0 Å². The van der Waals surface area contributed by atoms with Crippen molar-refractivity contribution in [1.82, 2.24) is 0 Å². The van der Waals surface area contributed by atoms with Crippen molar-refractivity contribution in [2.75, 3.05) is 13.2 Å². The van der Waals surface area contributed by atoms with Crippen molar-refractivity contribution in [3.05, 3.63) is 11.6 Å². The van der Waals surface area contributed by atoms with Crippen molar-refractivity contribution in [2.24, 2.45) is 44.8 Å². The Kier molecular flexibility index (Phi) is 13.4. The highest BCUT2D eigenvalue weighted by atomic mass is 16.8. The molecule has 65 heavy (non-hydrogen) atoms. The maximum Gasteiger partial charge on any atom is 0.335 e. The predicted molar refractivity (Wildman–Crippen MR) is 226 cm³/mol. The number of hydrogen-bond acceptors (Lipinski definition) is 17. The number of carbonyl (C=O) groups is 1. The van der Waals surface area contributed by atoms with E-state index in [2.05, 4.69) is 40.7 Å². The highest BCUT2D eigenvalue weighted by Crippen LogP contribution is 2.75. The van der Waals surface area contributed by atoms with Gasteiger partial charge in [0, 0.05) is 11.3 Å². The second kappa shape index (κ2) is 17.5. The Hall–Kier alpha value is -1.43. The average molecular weight is 929 g/mol. The smallest absolute Gasteiger partial charge is 0.335 e. The van der Waals surface area contributed by atoms with Gasteiger partial charge in [-0.1, -0.05) is 53.2 Å². The molecule has 7 fully saturated rings. The van der Waals surface area contributed by atoms with E-state index >= 15 is 0 Å². The summed E-state index contributed by atoms with van der Waals surface area (Å²) in [5, 5.41) is 120. The van der Waals surface area contributed by atoms with Gasteiger partial charge in [0.25, 0.3) is 0 Å². The fourth-order valence-electron chi connectivity index (χ4n) is 14.7. The Bertz CT molecular complexity index is 1780. The molecular formula is C47H76O18. The van der Waals surface area contributed by atoms with Gasteiger partial charge in [-0.2, -0.15) is 0 Å². The van der Waals surface area contributed by atoms with E-state index < -0.39 is 122 Å². The van der Waals surface area contributed by atoms with Crippen LogP contribution in [0.15, 0.2) is 11.6 Å². The molecule has 11 N–H and O–H groups in total. The van der Waals surface area contributed by atoms with Crippen molar-refractivity contribution in [2.45, 2.75) is 216 Å². The molecule has 372 valence electrons. The van der Waals surface area contributed by atoms with Crippen molar-refractivity contribution >= 4 is 5.97 Å². The van der Waals surface area contributed by atoms with Crippen LogP contribution in [0, 0.1) is 44.8 Å². The molecule has 18 nitrogen and oxygen atoms in total. The fourth-order valence-corrected chi connectivity index (χ4v) is 14.7. The minimum Gasteiger partial charge on any atom is -0.479 e. The number of hydrogen-bond donors (Lipinski definition) is 11. The third kappa shape index (κ3) is 7.89. The second-order valence-electron chi connectivity index (χ2n) is 23.0. The van der Waals surface area contributed by atoms with Crippen molar-refractivity contribution < 1.29 is 89.4 Å². The Balaban J connectivity index is 1.07. The van der Waals surface area contributed by atoms with Gasteiger partial charge in [0.15, 0.2) is 25.0 Å². The predicted octanol–water partition coefficient (Wildman–Crippen LogP) is 0.459. The van der Waals surface area contributed by atoms with Crippen LogP contribution < -0.4 is 0 Å². The van der Waals surface area contributed by atoms with E-state index in [1.165, 1.54) is 12.5 Å². The third-order valence-corrected chi connectivity index (χ3v) is 19.0. The van der Waals surface area contributed by atoms with Crippen LogP contribution in [0.2, 0.25) is 0 Å². The maximum absolute atomic E-state index is 12.5. The van der Waals surface area contributed by atoms with E-state index in [1.807, 2.05) is 6.92 Å². The van der Waals surface area contributed by atoms with Crippen LogP contribution in [0.4, 0.5) is 0 Å². The zero-order valence-corrected chi connectivity index (χ0v) is 38.8. The molecule has 8 rings (SSSR count). The molecule has 0 aromatic rings. The molecule has 8 aliphatic rings. The zero-order valence-electron chi connectivity index (χ0n) is 38.8. The highest BCUT2D eigenvalue weighted by molar-refractivity contribution is 5.73. The van der Waals surface area contributed by atoms with E-state index in [9.17, 15) is 61.0 Å². The molecule has 0 radical (unpaired) electrons. The van der Waals surface area contributed by atoms with Gasteiger partial charge < -0.3 is 84.6 Å². The lowest BCUT2D eigenvalue weighted by Crippen LogP contribution is -2.68. The number of fused-ring (bicyclic) bond motifs is 7. The Morgan fingerprint density at radius 1 is 0.692 bits per heavy atom. The molecule has 0 bridgehead atoms.